The van der Waals surface area contributed by atoms with E-state index in [1.807, 2.05) is 0 Å². The van der Waals surface area contributed by atoms with Crippen molar-refractivity contribution in [1.29, 1.82) is 5.26 Å². The van der Waals surface area contributed by atoms with Crippen LogP contribution in [0.1, 0.15) is 52.4 Å². The first-order chi connectivity index (χ1) is 7.93. The van der Waals surface area contributed by atoms with Gasteiger partial charge >= 0.3 is 0 Å². The van der Waals surface area contributed by atoms with Gasteiger partial charge in [0.2, 0.25) is 11.8 Å². The van der Waals surface area contributed by atoms with Crippen LogP contribution < -0.4 is 0 Å². The maximum Gasteiger partial charge on any atom is 0.236 e. The Balaban J connectivity index is 2.36. The summed E-state index contributed by atoms with van der Waals surface area (Å²) in [5.74, 6) is -0.352. The Labute approximate surface area is 102 Å². The summed E-state index contributed by atoms with van der Waals surface area (Å²) in [4.78, 5) is 25.5. The number of hydrogen-bond acceptors (Lipinski definition) is 3. The van der Waals surface area contributed by atoms with Gasteiger partial charge in [0.25, 0.3) is 0 Å². The number of nitrogens with zero attached hydrogens (tertiary/aromatic N) is 2. The van der Waals surface area contributed by atoms with Crippen LogP contribution in [0.3, 0.4) is 0 Å². The minimum Gasteiger partial charge on any atom is -0.274 e. The second-order valence-corrected chi connectivity index (χ2v) is 5.80. The Hall–Kier alpha value is -1.37. The van der Waals surface area contributed by atoms with Crippen LogP contribution in [-0.2, 0) is 9.59 Å². The van der Waals surface area contributed by atoms with Gasteiger partial charge in [-0.3, -0.25) is 14.5 Å². The molecule has 0 bridgehead atoms. The molecule has 4 heteroatoms. The van der Waals surface area contributed by atoms with Crippen molar-refractivity contribution in [2.45, 2.75) is 57.9 Å². The molecule has 17 heavy (non-hydrogen) atoms. The molecule has 2 rings (SSSR count). The Morgan fingerprint density at radius 1 is 1.18 bits per heavy atom. The molecule has 0 aromatic heterocycles. The molecule has 4 nitrogen and oxygen atoms in total. The fourth-order valence-electron chi connectivity index (χ4n) is 2.90. The van der Waals surface area contributed by atoms with Gasteiger partial charge in [-0.1, -0.05) is 33.1 Å². The van der Waals surface area contributed by atoms with Crippen LogP contribution in [0, 0.1) is 16.7 Å². The number of rotatable bonds is 1. The molecule has 0 aromatic rings. The van der Waals surface area contributed by atoms with Crippen LogP contribution in [0.2, 0.25) is 0 Å². The van der Waals surface area contributed by atoms with Gasteiger partial charge in [-0.15, -0.1) is 0 Å². The van der Waals surface area contributed by atoms with Crippen LogP contribution in [0.25, 0.3) is 0 Å². The van der Waals surface area contributed by atoms with Gasteiger partial charge in [0.15, 0.2) is 0 Å². The largest absolute Gasteiger partial charge is 0.274 e. The number of hydrogen-bond donors (Lipinski definition) is 0. The summed E-state index contributed by atoms with van der Waals surface area (Å²) in [6, 6.07) is 2.24. The van der Waals surface area contributed by atoms with Crippen molar-refractivity contribution in [2.24, 2.45) is 5.41 Å². The molecular weight excluding hydrogens is 216 g/mol. The third-order valence-corrected chi connectivity index (χ3v) is 3.94. The molecule has 0 radical (unpaired) electrons. The van der Waals surface area contributed by atoms with Crippen molar-refractivity contribution in [3.8, 4) is 6.07 Å². The molecule has 2 amide bonds. The minimum absolute atomic E-state index is 0.175. The number of amides is 2. The standard InChI is InChI=1S/C13H18N2O2/c1-12(2)8-10(16)15(11(12)17)13(9-14)6-4-3-5-7-13/h3-8H2,1-2H3. The lowest BCUT2D eigenvalue weighted by molar-refractivity contribution is -0.147. The lowest BCUT2D eigenvalue weighted by atomic mass is 9.81. The monoisotopic (exact) mass is 234 g/mol. The van der Waals surface area contributed by atoms with E-state index >= 15 is 0 Å². The van der Waals surface area contributed by atoms with E-state index in [2.05, 4.69) is 6.07 Å². The van der Waals surface area contributed by atoms with Crippen molar-refractivity contribution < 1.29 is 9.59 Å². The highest BCUT2D eigenvalue weighted by Gasteiger charge is 2.54. The number of likely N-dealkylation sites (tertiary alicyclic amines) is 1. The zero-order chi connectivity index (χ0) is 12.7. The summed E-state index contributed by atoms with van der Waals surface area (Å²) in [5.41, 5.74) is -1.50. The molecular formula is C13H18N2O2. The van der Waals surface area contributed by atoms with Crippen molar-refractivity contribution in [1.82, 2.24) is 4.90 Å². The van der Waals surface area contributed by atoms with Gasteiger partial charge in [0, 0.05) is 6.42 Å². The molecule has 2 aliphatic rings. The van der Waals surface area contributed by atoms with Crippen molar-refractivity contribution in [3.05, 3.63) is 0 Å². The average Bonchev–Trinajstić information content (AvgIpc) is 2.49. The van der Waals surface area contributed by atoms with Gasteiger partial charge in [-0.2, -0.15) is 5.26 Å². The van der Waals surface area contributed by atoms with E-state index in [1.54, 1.807) is 13.8 Å². The zero-order valence-corrected chi connectivity index (χ0v) is 10.5. The molecule has 2 fully saturated rings. The Morgan fingerprint density at radius 3 is 2.18 bits per heavy atom. The third-order valence-electron chi connectivity index (χ3n) is 3.94. The number of imide groups is 1. The second-order valence-electron chi connectivity index (χ2n) is 5.80. The molecule has 1 saturated heterocycles. The van der Waals surface area contributed by atoms with Gasteiger partial charge < -0.3 is 0 Å². The van der Waals surface area contributed by atoms with E-state index in [-0.39, 0.29) is 18.2 Å². The van der Waals surface area contributed by atoms with Crippen molar-refractivity contribution in [2.75, 3.05) is 0 Å². The molecule has 1 saturated carbocycles. The van der Waals surface area contributed by atoms with Gasteiger partial charge in [0.1, 0.15) is 5.54 Å². The maximum absolute atomic E-state index is 12.3. The lowest BCUT2D eigenvalue weighted by Gasteiger charge is -2.38. The molecule has 0 N–H and O–H groups in total. The zero-order valence-electron chi connectivity index (χ0n) is 10.5. The first-order valence-corrected chi connectivity index (χ1v) is 6.22. The number of carbonyl (C=O) groups excluding carboxylic acids is 2. The van der Waals surface area contributed by atoms with E-state index in [9.17, 15) is 14.9 Å². The highest BCUT2D eigenvalue weighted by atomic mass is 16.2. The fourth-order valence-corrected chi connectivity index (χ4v) is 2.90. The second kappa shape index (κ2) is 3.83. The summed E-state index contributed by atoms with van der Waals surface area (Å²) in [7, 11) is 0. The van der Waals surface area contributed by atoms with Crippen molar-refractivity contribution >= 4 is 11.8 Å². The smallest absolute Gasteiger partial charge is 0.236 e. The highest BCUT2D eigenvalue weighted by molar-refractivity contribution is 6.06. The fraction of sp³-hybridized carbons (Fsp3) is 0.769. The van der Waals surface area contributed by atoms with E-state index < -0.39 is 11.0 Å². The Bertz CT molecular complexity index is 400. The quantitative estimate of drug-likeness (QED) is 0.652. The van der Waals surface area contributed by atoms with Gasteiger partial charge in [0.05, 0.1) is 11.5 Å². The van der Waals surface area contributed by atoms with E-state index in [0.717, 1.165) is 19.3 Å². The lowest BCUT2D eigenvalue weighted by Crippen LogP contribution is -2.52. The maximum atomic E-state index is 12.3. The third kappa shape index (κ3) is 1.74. The summed E-state index contributed by atoms with van der Waals surface area (Å²) >= 11 is 0. The minimum atomic E-state index is -0.861. The molecule has 0 atom stereocenters. The number of carbonyl (C=O) groups is 2. The first-order valence-electron chi connectivity index (χ1n) is 6.22. The molecule has 1 aliphatic carbocycles. The molecule has 0 aromatic carbocycles. The van der Waals surface area contributed by atoms with E-state index in [4.69, 9.17) is 0 Å². The normalized spacial score (nSPS) is 27.0. The summed E-state index contributed by atoms with van der Waals surface area (Å²) in [6.07, 6.45) is 4.43. The SMILES string of the molecule is CC1(C)CC(=O)N(C2(C#N)CCCCC2)C1=O. The van der Waals surface area contributed by atoms with Crippen LogP contribution in [0.4, 0.5) is 0 Å². The molecule has 1 heterocycles. The van der Waals surface area contributed by atoms with E-state index in [0.29, 0.717) is 12.8 Å². The predicted molar refractivity (Wildman–Crippen MR) is 61.7 cm³/mol. The van der Waals surface area contributed by atoms with Crippen LogP contribution >= 0.6 is 0 Å². The predicted octanol–water partition coefficient (Wildman–Crippen LogP) is 2.00. The highest BCUT2D eigenvalue weighted by Crippen LogP contribution is 2.41. The molecule has 0 spiro atoms. The molecule has 1 aliphatic heterocycles. The number of nitriles is 1. The van der Waals surface area contributed by atoms with E-state index in [1.165, 1.54) is 4.90 Å². The van der Waals surface area contributed by atoms with Crippen LogP contribution in [-0.4, -0.2) is 22.3 Å². The topological polar surface area (TPSA) is 61.2 Å². The summed E-state index contributed by atoms with van der Waals surface area (Å²) < 4.78 is 0. The summed E-state index contributed by atoms with van der Waals surface area (Å²) in [5, 5.41) is 9.41. The summed E-state index contributed by atoms with van der Waals surface area (Å²) in [6.45, 7) is 3.56. The first kappa shape index (κ1) is 12.1. The van der Waals surface area contributed by atoms with Crippen molar-refractivity contribution in [3.63, 3.8) is 0 Å². The van der Waals surface area contributed by atoms with Crippen LogP contribution in [0.5, 0.6) is 0 Å². The Morgan fingerprint density at radius 2 is 1.76 bits per heavy atom. The van der Waals surface area contributed by atoms with Gasteiger partial charge in [-0.05, 0) is 12.8 Å². The molecule has 0 unspecified atom stereocenters. The van der Waals surface area contributed by atoms with Crippen LogP contribution in [0.15, 0.2) is 0 Å². The average molecular weight is 234 g/mol. The molecule has 92 valence electrons. The van der Waals surface area contributed by atoms with Gasteiger partial charge in [-0.25, -0.2) is 0 Å². The Kier molecular flexibility index (Phi) is 2.73.